The minimum atomic E-state index is -0.458. The van der Waals surface area contributed by atoms with Crippen LogP contribution >= 0.6 is 11.3 Å². The summed E-state index contributed by atoms with van der Waals surface area (Å²) >= 11 is 1.23. The van der Waals surface area contributed by atoms with Gasteiger partial charge in [-0.3, -0.25) is 4.79 Å². The predicted molar refractivity (Wildman–Crippen MR) is 73.2 cm³/mol. The second kappa shape index (κ2) is 6.47. The van der Waals surface area contributed by atoms with Crippen LogP contribution in [0.1, 0.15) is 36.7 Å². The maximum absolute atomic E-state index is 12.0. The second-order valence-electron chi connectivity index (χ2n) is 4.23. The van der Waals surface area contributed by atoms with Crippen molar-refractivity contribution in [3.63, 3.8) is 0 Å². The first-order valence-corrected chi connectivity index (χ1v) is 7.17. The number of thiazole rings is 1. The van der Waals surface area contributed by atoms with Crippen LogP contribution in [0.25, 0.3) is 0 Å². The van der Waals surface area contributed by atoms with Crippen LogP contribution in [-0.4, -0.2) is 23.5 Å². The lowest BCUT2D eigenvalue weighted by molar-refractivity contribution is -0.120. The van der Waals surface area contributed by atoms with Crippen molar-refractivity contribution in [2.24, 2.45) is 5.92 Å². The van der Waals surface area contributed by atoms with Crippen LogP contribution in [-0.2, 0) is 9.53 Å². The monoisotopic (exact) mass is 280 g/mol. The molecule has 0 fully saturated rings. The summed E-state index contributed by atoms with van der Waals surface area (Å²) in [4.78, 5) is 27.5. The van der Waals surface area contributed by atoms with E-state index in [1.54, 1.807) is 12.3 Å². The average Bonchev–Trinajstić information content (AvgIpc) is 2.88. The molecule has 19 heavy (non-hydrogen) atoms. The van der Waals surface area contributed by atoms with Gasteiger partial charge in [0.05, 0.1) is 6.61 Å². The number of allylic oxidation sites excluding steroid dienone is 2. The van der Waals surface area contributed by atoms with Gasteiger partial charge in [0.2, 0.25) is 5.91 Å². The number of amides is 1. The molecular weight excluding hydrogens is 264 g/mol. The maximum atomic E-state index is 12.0. The van der Waals surface area contributed by atoms with Gasteiger partial charge in [-0.05, 0) is 26.2 Å². The summed E-state index contributed by atoms with van der Waals surface area (Å²) in [6.45, 7) is 2.05. The molecule has 0 radical (unpaired) electrons. The van der Waals surface area contributed by atoms with Crippen molar-refractivity contribution in [2.45, 2.75) is 26.2 Å². The topological polar surface area (TPSA) is 68.3 Å². The zero-order valence-electron chi connectivity index (χ0n) is 10.7. The SMILES string of the molecule is CCOC(=O)c1csc(NC(=O)[C@H]2CC=CCC2)n1. The van der Waals surface area contributed by atoms with Crippen molar-refractivity contribution in [2.75, 3.05) is 11.9 Å². The molecular formula is C13H16N2O3S. The van der Waals surface area contributed by atoms with E-state index in [1.807, 2.05) is 6.08 Å². The smallest absolute Gasteiger partial charge is 0.357 e. The number of aromatic nitrogens is 1. The molecule has 1 amide bonds. The second-order valence-corrected chi connectivity index (χ2v) is 5.09. The van der Waals surface area contributed by atoms with E-state index in [0.717, 1.165) is 19.3 Å². The summed E-state index contributed by atoms with van der Waals surface area (Å²) in [5.41, 5.74) is 0.241. The van der Waals surface area contributed by atoms with Gasteiger partial charge in [-0.2, -0.15) is 0 Å². The minimum Gasteiger partial charge on any atom is -0.461 e. The molecule has 1 aliphatic carbocycles. The van der Waals surface area contributed by atoms with Crippen molar-refractivity contribution >= 4 is 28.3 Å². The fourth-order valence-electron chi connectivity index (χ4n) is 1.87. The lowest BCUT2D eigenvalue weighted by atomic mass is 9.94. The van der Waals surface area contributed by atoms with Crippen molar-refractivity contribution in [3.05, 3.63) is 23.2 Å². The molecule has 0 bridgehead atoms. The summed E-state index contributed by atoms with van der Waals surface area (Å²) in [6.07, 6.45) is 6.68. The predicted octanol–water partition coefficient (Wildman–Crippen LogP) is 2.61. The summed E-state index contributed by atoms with van der Waals surface area (Å²) in [7, 11) is 0. The Labute approximate surface area is 115 Å². The Morgan fingerprint density at radius 1 is 1.53 bits per heavy atom. The van der Waals surface area contributed by atoms with Gasteiger partial charge in [-0.15, -0.1) is 11.3 Å². The van der Waals surface area contributed by atoms with Crippen LogP contribution in [0, 0.1) is 5.92 Å². The number of esters is 1. The van der Waals surface area contributed by atoms with Crippen molar-refractivity contribution in [1.29, 1.82) is 0 Å². The third-order valence-electron chi connectivity index (χ3n) is 2.86. The van der Waals surface area contributed by atoms with Gasteiger partial charge in [0.15, 0.2) is 10.8 Å². The molecule has 0 unspecified atom stereocenters. The highest BCUT2D eigenvalue weighted by Gasteiger charge is 2.20. The fourth-order valence-corrected chi connectivity index (χ4v) is 2.55. The molecule has 1 aliphatic rings. The largest absolute Gasteiger partial charge is 0.461 e. The quantitative estimate of drug-likeness (QED) is 0.680. The minimum absolute atomic E-state index is 0.0000525. The first-order valence-electron chi connectivity index (χ1n) is 6.29. The van der Waals surface area contributed by atoms with Gasteiger partial charge in [-0.1, -0.05) is 12.2 Å². The molecule has 0 aliphatic heterocycles. The van der Waals surface area contributed by atoms with Gasteiger partial charge in [0.1, 0.15) is 0 Å². The number of rotatable bonds is 4. The molecule has 6 heteroatoms. The standard InChI is InChI=1S/C13H16N2O3S/c1-2-18-12(17)10-8-19-13(14-10)15-11(16)9-6-4-3-5-7-9/h3-4,8-9H,2,5-7H2,1H3,(H,14,15,16)/t9-/m0/s1. The Morgan fingerprint density at radius 3 is 3.05 bits per heavy atom. The van der Waals surface area contributed by atoms with Crippen molar-refractivity contribution in [3.8, 4) is 0 Å². The number of anilines is 1. The Kier molecular flexibility index (Phi) is 4.68. The van der Waals surface area contributed by atoms with Crippen LogP contribution in [0.4, 0.5) is 5.13 Å². The Morgan fingerprint density at radius 2 is 2.37 bits per heavy atom. The van der Waals surface area contributed by atoms with E-state index in [4.69, 9.17) is 4.74 Å². The third-order valence-corrected chi connectivity index (χ3v) is 3.62. The number of ether oxygens (including phenoxy) is 1. The van der Waals surface area contributed by atoms with Gasteiger partial charge < -0.3 is 10.1 Å². The average molecular weight is 280 g/mol. The molecule has 1 heterocycles. The number of nitrogens with one attached hydrogen (secondary N) is 1. The summed E-state index contributed by atoms with van der Waals surface area (Å²) in [6, 6.07) is 0. The number of carbonyl (C=O) groups excluding carboxylic acids is 2. The summed E-state index contributed by atoms with van der Waals surface area (Å²) < 4.78 is 4.85. The first kappa shape index (κ1) is 13.7. The van der Waals surface area contributed by atoms with Crippen LogP contribution < -0.4 is 5.32 Å². The fraction of sp³-hybridized carbons (Fsp3) is 0.462. The highest BCUT2D eigenvalue weighted by atomic mass is 32.1. The van der Waals surface area contributed by atoms with Gasteiger partial charge >= 0.3 is 5.97 Å². The van der Waals surface area contributed by atoms with Crippen LogP contribution in [0.3, 0.4) is 0 Å². The van der Waals surface area contributed by atoms with E-state index in [0.29, 0.717) is 11.7 Å². The van der Waals surface area contributed by atoms with Crippen LogP contribution in [0.15, 0.2) is 17.5 Å². The third kappa shape index (κ3) is 3.64. The molecule has 2 rings (SSSR count). The van der Waals surface area contributed by atoms with Gasteiger partial charge in [-0.25, -0.2) is 9.78 Å². The zero-order valence-corrected chi connectivity index (χ0v) is 11.5. The van der Waals surface area contributed by atoms with Gasteiger partial charge in [0, 0.05) is 11.3 Å². The molecule has 102 valence electrons. The van der Waals surface area contributed by atoms with E-state index < -0.39 is 5.97 Å². The molecule has 0 aromatic carbocycles. The van der Waals surface area contributed by atoms with E-state index in [-0.39, 0.29) is 17.5 Å². The number of hydrogen-bond acceptors (Lipinski definition) is 5. The van der Waals surface area contributed by atoms with E-state index in [2.05, 4.69) is 16.4 Å². The highest BCUT2D eigenvalue weighted by Crippen LogP contribution is 2.22. The summed E-state index contributed by atoms with van der Waals surface area (Å²) in [5.74, 6) is -0.492. The molecule has 1 N–H and O–H groups in total. The Balaban J connectivity index is 1.94. The van der Waals surface area contributed by atoms with Gasteiger partial charge in [0.25, 0.3) is 0 Å². The zero-order chi connectivity index (χ0) is 13.7. The lowest BCUT2D eigenvalue weighted by Crippen LogP contribution is -2.23. The van der Waals surface area contributed by atoms with Crippen molar-refractivity contribution < 1.29 is 14.3 Å². The molecule has 5 nitrogen and oxygen atoms in total. The number of nitrogens with zero attached hydrogens (tertiary/aromatic N) is 1. The molecule has 0 saturated heterocycles. The number of carbonyl (C=O) groups is 2. The van der Waals surface area contributed by atoms with Crippen LogP contribution in [0.2, 0.25) is 0 Å². The van der Waals surface area contributed by atoms with Crippen molar-refractivity contribution in [1.82, 2.24) is 4.98 Å². The van der Waals surface area contributed by atoms with E-state index in [1.165, 1.54) is 11.3 Å². The summed E-state index contributed by atoms with van der Waals surface area (Å²) in [5, 5.41) is 4.79. The Bertz CT molecular complexity index is 496. The molecule has 1 aromatic rings. The molecule has 0 saturated carbocycles. The number of hydrogen-bond donors (Lipinski definition) is 1. The van der Waals surface area contributed by atoms with E-state index >= 15 is 0 Å². The highest BCUT2D eigenvalue weighted by molar-refractivity contribution is 7.14. The lowest BCUT2D eigenvalue weighted by Gasteiger charge is -2.15. The molecule has 1 atom stereocenters. The molecule has 1 aromatic heterocycles. The Hall–Kier alpha value is -1.69. The van der Waals surface area contributed by atoms with E-state index in [9.17, 15) is 9.59 Å². The normalized spacial score (nSPS) is 18.1. The molecule has 0 spiro atoms. The van der Waals surface area contributed by atoms with Crippen LogP contribution in [0.5, 0.6) is 0 Å². The first-order chi connectivity index (χ1) is 9.20. The maximum Gasteiger partial charge on any atom is 0.357 e.